The highest BCUT2D eigenvalue weighted by atomic mass is 79.9. The summed E-state index contributed by atoms with van der Waals surface area (Å²) >= 11 is 3.17. The van der Waals surface area contributed by atoms with Crippen molar-refractivity contribution in [3.8, 4) is 5.75 Å². The van der Waals surface area contributed by atoms with Gasteiger partial charge in [-0.15, -0.1) is 0 Å². The number of anilines is 1. The first-order valence-electron chi connectivity index (χ1n) is 10.1. The van der Waals surface area contributed by atoms with E-state index in [-0.39, 0.29) is 18.1 Å². The Labute approximate surface area is 201 Å². The number of carbonyl (C=O) groups excluding carboxylic acids is 1. The summed E-state index contributed by atoms with van der Waals surface area (Å²) < 4.78 is 46.1. The number of amides is 1. The number of benzene rings is 3. The number of halogens is 2. The summed E-state index contributed by atoms with van der Waals surface area (Å²) in [6, 6.07) is 18.3. The first kappa shape index (κ1) is 24.7. The van der Waals surface area contributed by atoms with E-state index in [2.05, 4.69) is 21.2 Å². The Balaban J connectivity index is 1.61. The van der Waals surface area contributed by atoms with Gasteiger partial charge in [-0.3, -0.25) is 9.10 Å². The number of hydrogen-bond acceptors (Lipinski definition) is 4. The third kappa shape index (κ3) is 6.79. The first-order valence-corrected chi connectivity index (χ1v) is 12.8. The molecular formula is C24H24BrFN2O4S. The van der Waals surface area contributed by atoms with Gasteiger partial charge >= 0.3 is 0 Å². The van der Waals surface area contributed by atoms with Crippen molar-refractivity contribution >= 4 is 37.5 Å². The number of aryl methyl sites for hydroxylation is 1. The van der Waals surface area contributed by atoms with Crippen molar-refractivity contribution in [3.05, 3.63) is 93.7 Å². The zero-order chi connectivity index (χ0) is 24.0. The second-order valence-electron chi connectivity index (χ2n) is 7.43. The number of hydrogen-bond donors (Lipinski definition) is 1. The molecule has 9 heteroatoms. The highest BCUT2D eigenvalue weighted by Gasteiger charge is 2.21. The summed E-state index contributed by atoms with van der Waals surface area (Å²) in [5, 5.41) is 2.79. The normalized spacial score (nSPS) is 11.2. The van der Waals surface area contributed by atoms with Crippen molar-refractivity contribution in [2.75, 3.05) is 23.7 Å². The predicted molar refractivity (Wildman–Crippen MR) is 131 cm³/mol. The molecule has 0 radical (unpaired) electrons. The molecule has 0 spiro atoms. The lowest BCUT2D eigenvalue weighted by Gasteiger charge is -2.23. The molecular weight excluding hydrogens is 511 g/mol. The van der Waals surface area contributed by atoms with E-state index in [4.69, 9.17) is 4.74 Å². The SMILES string of the molecule is Cc1ccccc1OCCNC(=O)c1ccc(CN(c2ccc(Br)cc2F)S(C)(=O)=O)cc1. The van der Waals surface area contributed by atoms with Crippen molar-refractivity contribution < 1.29 is 22.3 Å². The Morgan fingerprint density at radius 3 is 2.42 bits per heavy atom. The average molecular weight is 535 g/mol. The van der Waals surface area contributed by atoms with Crippen LogP contribution in [0.25, 0.3) is 0 Å². The molecule has 0 atom stereocenters. The summed E-state index contributed by atoms with van der Waals surface area (Å²) in [6.07, 6.45) is 1.02. The zero-order valence-corrected chi connectivity index (χ0v) is 20.6. The molecule has 1 N–H and O–H groups in total. The third-order valence-electron chi connectivity index (χ3n) is 4.86. The standard InChI is InChI=1S/C24H24BrFN2O4S/c1-17-5-3-4-6-23(17)32-14-13-27-24(29)19-9-7-18(8-10-19)16-28(33(2,30)31)22-12-11-20(25)15-21(22)26/h3-12,15H,13-14,16H2,1-2H3,(H,27,29). The molecule has 6 nitrogen and oxygen atoms in total. The van der Waals surface area contributed by atoms with Crippen molar-refractivity contribution in [2.24, 2.45) is 0 Å². The van der Waals surface area contributed by atoms with Gasteiger partial charge in [0.05, 0.1) is 25.0 Å². The first-order chi connectivity index (χ1) is 15.6. The van der Waals surface area contributed by atoms with Crippen LogP contribution in [0, 0.1) is 12.7 Å². The van der Waals surface area contributed by atoms with E-state index in [1.165, 1.54) is 12.1 Å². The van der Waals surface area contributed by atoms with Crippen molar-refractivity contribution in [1.82, 2.24) is 5.32 Å². The molecule has 3 aromatic rings. The summed E-state index contributed by atoms with van der Waals surface area (Å²) in [5.74, 6) is -0.152. The maximum Gasteiger partial charge on any atom is 0.251 e. The second kappa shape index (κ2) is 10.8. The Morgan fingerprint density at radius 2 is 1.79 bits per heavy atom. The van der Waals surface area contributed by atoms with E-state index in [1.54, 1.807) is 30.3 Å². The van der Waals surface area contributed by atoms with Crippen LogP contribution in [0.5, 0.6) is 5.75 Å². The van der Waals surface area contributed by atoms with Gasteiger partial charge in [0.1, 0.15) is 18.2 Å². The number of sulfonamides is 1. The quantitative estimate of drug-likeness (QED) is 0.404. The molecule has 0 aliphatic heterocycles. The van der Waals surface area contributed by atoms with Gasteiger partial charge < -0.3 is 10.1 Å². The van der Waals surface area contributed by atoms with E-state index >= 15 is 0 Å². The van der Waals surface area contributed by atoms with Gasteiger partial charge in [0.2, 0.25) is 10.0 Å². The fourth-order valence-corrected chi connectivity index (χ4v) is 4.36. The molecule has 0 aliphatic rings. The van der Waals surface area contributed by atoms with Crippen LogP contribution in [0.1, 0.15) is 21.5 Å². The lowest BCUT2D eigenvalue weighted by Crippen LogP contribution is -2.30. The van der Waals surface area contributed by atoms with Gasteiger partial charge in [0, 0.05) is 10.0 Å². The van der Waals surface area contributed by atoms with Crippen LogP contribution in [-0.4, -0.2) is 33.7 Å². The fraction of sp³-hybridized carbons (Fsp3) is 0.208. The Hall–Kier alpha value is -2.91. The number of rotatable bonds is 9. The molecule has 0 fully saturated rings. The largest absolute Gasteiger partial charge is 0.491 e. The van der Waals surface area contributed by atoms with Gasteiger partial charge in [-0.2, -0.15) is 0 Å². The monoisotopic (exact) mass is 534 g/mol. The molecule has 3 rings (SSSR count). The second-order valence-corrected chi connectivity index (χ2v) is 10.3. The molecule has 0 saturated carbocycles. The van der Waals surface area contributed by atoms with Gasteiger partial charge in [0.15, 0.2) is 0 Å². The molecule has 174 valence electrons. The van der Waals surface area contributed by atoms with Gasteiger partial charge in [-0.1, -0.05) is 46.3 Å². The Morgan fingerprint density at radius 1 is 1.09 bits per heavy atom. The van der Waals surface area contributed by atoms with E-state index in [0.29, 0.717) is 28.8 Å². The van der Waals surface area contributed by atoms with Gasteiger partial charge in [-0.05, 0) is 54.4 Å². The lowest BCUT2D eigenvalue weighted by molar-refractivity contribution is 0.0947. The van der Waals surface area contributed by atoms with Crippen LogP contribution >= 0.6 is 15.9 Å². The molecule has 0 heterocycles. The molecule has 33 heavy (non-hydrogen) atoms. The summed E-state index contributed by atoms with van der Waals surface area (Å²) in [6.45, 7) is 2.55. The summed E-state index contributed by atoms with van der Waals surface area (Å²) in [7, 11) is -3.73. The average Bonchev–Trinajstić information content (AvgIpc) is 2.76. The minimum absolute atomic E-state index is 0.0452. The van der Waals surface area contributed by atoms with Crippen LogP contribution in [-0.2, 0) is 16.6 Å². The highest BCUT2D eigenvalue weighted by molar-refractivity contribution is 9.10. The van der Waals surface area contributed by atoms with Crippen LogP contribution < -0.4 is 14.4 Å². The molecule has 3 aromatic carbocycles. The fourth-order valence-electron chi connectivity index (χ4n) is 3.14. The number of para-hydroxylation sites is 1. The third-order valence-corrected chi connectivity index (χ3v) is 6.48. The van der Waals surface area contributed by atoms with Crippen molar-refractivity contribution in [3.63, 3.8) is 0 Å². The van der Waals surface area contributed by atoms with Crippen LogP contribution in [0.15, 0.2) is 71.2 Å². The molecule has 0 saturated heterocycles. The van der Waals surface area contributed by atoms with Crippen molar-refractivity contribution in [2.45, 2.75) is 13.5 Å². The number of carbonyl (C=O) groups is 1. The molecule has 0 aliphatic carbocycles. The molecule has 1 amide bonds. The van der Waals surface area contributed by atoms with E-state index < -0.39 is 15.8 Å². The van der Waals surface area contributed by atoms with E-state index in [9.17, 15) is 17.6 Å². The minimum atomic E-state index is -3.73. The predicted octanol–water partition coefficient (Wildman–Crippen LogP) is 4.67. The number of ether oxygens (including phenoxy) is 1. The van der Waals surface area contributed by atoms with E-state index in [0.717, 1.165) is 21.9 Å². The number of nitrogens with one attached hydrogen (secondary N) is 1. The molecule has 0 aromatic heterocycles. The molecule has 0 bridgehead atoms. The number of nitrogens with zero attached hydrogens (tertiary/aromatic N) is 1. The minimum Gasteiger partial charge on any atom is -0.491 e. The summed E-state index contributed by atoms with van der Waals surface area (Å²) in [5.41, 5.74) is 2.01. The van der Waals surface area contributed by atoms with Gasteiger partial charge in [-0.25, -0.2) is 12.8 Å². The Kier molecular flexibility index (Phi) is 8.10. The zero-order valence-electron chi connectivity index (χ0n) is 18.2. The van der Waals surface area contributed by atoms with E-state index in [1.807, 2.05) is 31.2 Å². The van der Waals surface area contributed by atoms with Crippen LogP contribution in [0.4, 0.5) is 10.1 Å². The van der Waals surface area contributed by atoms with Crippen LogP contribution in [0.3, 0.4) is 0 Å². The molecule has 0 unspecified atom stereocenters. The van der Waals surface area contributed by atoms with Crippen LogP contribution in [0.2, 0.25) is 0 Å². The lowest BCUT2D eigenvalue weighted by atomic mass is 10.1. The maximum absolute atomic E-state index is 14.4. The summed E-state index contributed by atoms with van der Waals surface area (Å²) in [4.78, 5) is 12.4. The Bertz CT molecular complexity index is 1230. The van der Waals surface area contributed by atoms with Gasteiger partial charge in [0.25, 0.3) is 5.91 Å². The topological polar surface area (TPSA) is 75.7 Å². The highest BCUT2D eigenvalue weighted by Crippen LogP contribution is 2.27. The maximum atomic E-state index is 14.4. The smallest absolute Gasteiger partial charge is 0.251 e. The van der Waals surface area contributed by atoms with Crippen molar-refractivity contribution in [1.29, 1.82) is 0 Å².